The lowest BCUT2D eigenvalue weighted by molar-refractivity contribution is 0.0369. The summed E-state index contributed by atoms with van der Waals surface area (Å²) in [6, 6.07) is 6.36. The van der Waals surface area contributed by atoms with E-state index in [-0.39, 0.29) is 5.60 Å². The summed E-state index contributed by atoms with van der Waals surface area (Å²) in [4.78, 5) is 0. The molecule has 3 rings (SSSR count). The van der Waals surface area contributed by atoms with Gasteiger partial charge in [-0.25, -0.2) is 0 Å². The van der Waals surface area contributed by atoms with E-state index in [0.717, 1.165) is 5.75 Å². The molecule has 1 heterocycles. The van der Waals surface area contributed by atoms with E-state index < -0.39 is 0 Å². The molecular weight excluding hydrogens is 136 g/mol. The van der Waals surface area contributed by atoms with Crippen molar-refractivity contribution in [2.24, 2.45) is 0 Å². The van der Waals surface area contributed by atoms with Gasteiger partial charge in [0.05, 0.1) is 0 Å². The minimum atomic E-state index is 0.0892. The predicted octanol–water partition coefficient (Wildman–Crippen LogP) is 2.24. The Bertz CT molecular complexity index is 330. The zero-order chi connectivity index (χ0) is 7.47. The van der Waals surface area contributed by atoms with Crippen LogP contribution in [0.25, 0.3) is 0 Å². The van der Waals surface area contributed by atoms with Crippen molar-refractivity contribution in [2.75, 3.05) is 0 Å². The highest BCUT2D eigenvalue weighted by Gasteiger charge is 2.46. The third-order valence-corrected chi connectivity index (χ3v) is 2.85. The predicted molar refractivity (Wildman–Crippen MR) is 42.7 cm³/mol. The summed E-state index contributed by atoms with van der Waals surface area (Å²) < 4.78 is 5.67. The van der Waals surface area contributed by atoms with Crippen molar-refractivity contribution in [2.45, 2.75) is 25.4 Å². The molecule has 2 aliphatic rings. The van der Waals surface area contributed by atoms with E-state index in [2.05, 4.69) is 25.1 Å². The molecule has 0 saturated carbocycles. The summed E-state index contributed by atoms with van der Waals surface area (Å²) in [5, 5.41) is 0. The van der Waals surface area contributed by atoms with E-state index in [1.807, 2.05) is 0 Å². The first-order valence-electron chi connectivity index (χ1n) is 4.11. The van der Waals surface area contributed by atoms with Gasteiger partial charge < -0.3 is 4.74 Å². The fraction of sp³-hybridized carbons (Fsp3) is 0.400. The van der Waals surface area contributed by atoms with Crippen LogP contribution >= 0.6 is 0 Å². The molecule has 11 heavy (non-hydrogen) atoms. The molecule has 0 bridgehead atoms. The Morgan fingerprint density at radius 1 is 1.45 bits per heavy atom. The Hall–Kier alpha value is -0.980. The summed E-state index contributed by atoms with van der Waals surface area (Å²) in [7, 11) is 0. The van der Waals surface area contributed by atoms with Crippen molar-refractivity contribution < 1.29 is 4.74 Å². The summed E-state index contributed by atoms with van der Waals surface area (Å²) in [5.74, 6) is 1.11. The molecule has 0 amide bonds. The lowest BCUT2D eigenvalue weighted by Gasteiger charge is -2.38. The van der Waals surface area contributed by atoms with E-state index in [9.17, 15) is 0 Å². The van der Waals surface area contributed by atoms with Crippen LogP contribution in [0.4, 0.5) is 0 Å². The average Bonchev–Trinajstić information content (AvgIpc) is 2.26. The van der Waals surface area contributed by atoms with Gasteiger partial charge in [-0.2, -0.15) is 0 Å². The standard InChI is InChI=1S/C10H10O/c1-10-6-5-7-3-2-4-8(11-10)9(7)10/h2-4H,5-6H2,1H3. The van der Waals surface area contributed by atoms with Crippen LogP contribution in [0.15, 0.2) is 18.2 Å². The highest BCUT2D eigenvalue weighted by molar-refractivity contribution is 5.53. The van der Waals surface area contributed by atoms with Gasteiger partial charge in [-0.15, -0.1) is 0 Å². The molecule has 0 saturated heterocycles. The van der Waals surface area contributed by atoms with Crippen molar-refractivity contribution >= 4 is 0 Å². The van der Waals surface area contributed by atoms with Gasteiger partial charge in [0, 0.05) is 5.56 Å². The molecule has 0 spiro atoms. The van der Waals surface area contributed by atoms with Gasteiger partial charge in [-0.05, 0) is 31.4 Å². The lowest BCUT2D eigenvalue weighted by Crippen LogP contribution is -2.35. The van der Waals surface area contributed by atoms with E-state index in [0.29, 0.717) is 0 Å². The van der Waals surface area contributed by atoms with Gasteiger partial charge in [0.15, 0.2) is 0 Å². The first kappa shape index (κ1) is 5.64. The zero-order valence-corrected chi connectivity index (χ0v) is 6.55. The van der Waals surface area contributed by atoms with Crippen LogP contribution in [-0.4, -0.2) is 0 Å². The minimum absolute atomic E-state index is 0.0892. The van der Waals surface area contributed by atoms with Crippen LogP contribution < -0.4 is 4.74 Å². The van der Waals surface area contributed by atoms with Crippen LogP contribution in [0, 0.1) is 0 Å². The third-order valence-electron chi connectivity index (χ3n) is 2.85. The second kappa shape index (κ2) is 1.45. The van der Waals surface area contributed by atoms with Crippen LogP contribution in [-0.2, 0) is 12.0 Å². The Kier molecular flexibility index (Phi) is 0.743. The molecule has 0 fully saturated rings. The van der Waals surface area contributed by atoms with Crippen LogP contribution in [0.2, 0.25) is 0 Å². The second-order valence-electron chi connectivity index (χ2n) is 3.62. The number of hydrogen-bond acceptors (Lipinski definition) is 1. The summed E-state index contributed by atoms with van der Waals surface area (Å²) >= 11 is 0. The van der Waals surface area contributed by atoms with Gasteiger partial charge in [0.2, 0.25) is 0 Å². The van der Waals surface area contributed by atoms with E-state index >= 15 is 0 Å². The fourth-order valence-corrected chi connectivity index (χ4v) is 2.27. The Morgan fingerprint density at radius 3 is 3.18 bits per heavy atom. The molecule has 0 N–H and O–H groups in total. The van der Waals surface area contributed by atoms with Gasteiger partial charge in [0.1, 0.15) is 11.4 Å². The number of ether oxygens (including phenoxy) is 1. The van der Waals surface area contributed by atoms with Crippen molar-refractivity contribution in [3.05, 3.63) is 29.3 Å². The monoisotopic (exact) mass is 146 g/mol. The maximum absolute atomic E-state index is 5.67. The molecule has 56 valence electrons. The molecule has 1 atom stereocenters. The Balaban J connectivity index is 2.34. The smallest absolute Gasteiger partial charge is 0.135 e. The maximum Gasteiger partial charge on any atom is 0.135 e. The zero-order valence-electron chi connectivity index (χ0n) is 6.55. The molecule has 1 aliphatic carbocycles. The van der Waals surface area contributed by atoms with Crippen molar-refractivity contribution in [3.8, 4) is 5.75 Å². The van der Waals surface area contributed by atoms with Crippen LogP contribution in [0.5, 0.6) is 5.75 Å². The number of benzene rings is 1. The van der Waals surface area contributed by atoms with Gasteiger partial charge in [-0.1, -0.05) is 12.1 Å². The molecule has 1 heteroatoms. The van der Waals surface area contributed by atoms with Gasteiger partial charge >= 0.3 is 0 Å². The maximum atomic E-state index is 5.67. The summed E-state index contributed by atoms with van der Waals surface area (Å²) in [6.45, 7) is 2.19. The summed E-state index contributed by atoms with van der Waals surface area (Å²) in [5.41, 5.74) is 3.06. The van der Waals surface area contributed by atoms with E-state index in [1.54, 1.807) is 0 Å². The lowest BCUT2D eigenvalue weighted by atomic mass is 9.92. The highest BCUT2D eigenvalue weighted by Crippen LogP contribution is 2.52. The first-order chi connectivity index (χ1) is 5.30. The van der Waals surface area contributed by atoms with Crippen molar-refractivity contribution in [1.82, 2.24) is 0 Å². The van der Waals surface area contributed by atoms with Crippen LogP contribution in [0.3, 0.4) is 0 Å². The molecule has 1 aliphatic heterocycles. The molecule has 0 aromatic heterocycles. The van der Waals surface area contributed by atoms with Gasteiger partial charge in [-0.3, -0.25) is 0 Å². The Labute approximate surface area is 66.0 Å². The third kappa shape index (κ3) is 0.493. The topological polar surface area (TPSA) is 9.23 Å². The number of hydrogen-bond donors (Lipinski definition) is 0. The first-order valence-corrected chi connectivity index (χ1v) is 4.11. The average molecular weight is 146 g/mol. The van der Waals surface area contributed by atoms with Crippen molar-refractivity contribution in [1.29, 1.82) is 0 Å². The van der Waals surface area contributed by atoms with E-state index in [4.69, 9.17) is 4.74 Å². The normalized spacial score (nSPS) is 30.6. The highest BCUT2D eigenvalue weighted by atomic mass is 16.5. The quantitative estimate of drug-likeness (QED) is 0.545. The molecule has 1 nitrogen and oxygen atoms in total. The SMILES string of the molecule is CC12CCc3cccc(c31)O2. The van der Waals surface area contributed by atoms with Crippen LogP contribution in [0.1, 0.15) is 24.5 Å². The Morgan fingerprint density at radius 2 is 2.36 bits per heavy atom. The molecule has 0 radical (unpaired) electrons. The molecule has 1 aromatic rings. The number of aryl methyl sites for hydroxylation is 1. The fourth-order valence-electron chi connectivity index (χ4n) is 2.27. The van der Waals surface area contributed by atoms with Gasteiger partial charge in [0.25, 0.3) is 0 Å². The van der Waals surface area contributed by atoms with E-state index in [1.165, 1.54) is 24.0 Å². The largest absolute Gasteiger partial charge is 0.482 e. The van der Waals surface area contributed by atoms with Crippen molar-refractivity contribution in [3.63, 3.8) is 0 Å². The minimum Gasteiger partial charge on any atom is -0.482 e. The molecule has 1 unspecified atom stereocenters. The summed E-state index contributed by atoms with van der Waals surface area (Å²) in [6.07, 6.45) is 2.36. The molecular formula is C10H10O. The number of rotatable bonds is 0. The second-order valence-corrected chi connectivity index (χ2v) is 3.62. The molecule has 1 aromatic carbocycles.